The zero-order chi connectivity index (χ0) is 18.2. The maximum Gasteiger partial charge on any atom is 0.308 e. The van der Waals surface area contributed by atoms with E-state index in [1.54, 1.807) is 13.0 Å². The Balaban J connectivity index is 2.99. The number of nitriles is 1. The number of ether oxygens (including phenoxy) is 2. The predicted octanol–water partition coefficient (Wildman–Crippen LogP) is 3.41. The largest absolute Gasteiger partial charge is 0.427 e. The van der Waals surface area contributed by atoms with Gasteiger partial charge in [0, 0.05) is 19.6 Å². The van der Waals surface area contributed by atoms with Crippen LogP contribution < -0.4 is 10.1 Å². The Bertz CT molecular complexity index is 636. The topological polar surface area (TPSA) is 88.4 Å². The summed E-state index contributed by atoms with van der Waals surface area (Å²) in [5.41, 5.74) is -0.372. The molecule has 1 aromatic rings. The van der Waals surface area contributed by atoms with Crippen molar-refractivity contribution in [3.05, 3.63) is 23.8 Å². The minimum atomic E-state index is -0.952. The molecule has 0 saturated carbocycles. The molecular weight excluding hydrogens is 308 g/mol. The van der Waals surface area contributed by atoms with Crippen LogP contribution in [0.25, 0.3) is 0 Å². The SMILES string of the molecule is CCCOC(C)(CCC)C(=O)Nc1ccc(OC(C)=O)cc1C#N. The van der Waals surface area contributed by atoms with Crippen molar-refractivity contribution >= 4 is 17.6 Å². The second-order valence-corrected chi connectivity index (χ2v) is 5.70. The molecule has 1 aromatic carbocycles. The molecule has 0 aliphatic carbocycles. The van der Waals surface area contributed by atoms with Gasteiger partial charge in [-0.15, -0.1) is 0 Å². The standard InChI is InChI=1S/C18H24N2O4/c1-5-9-18(4,23-10-6-2)17(22)20-16-8-7-15(24-13(3)21)11-14(16)12-19/h7-8,11H,5-6,9-10H2,1-4H3,(H,20,22). The molecular formula is C18H24N2O4. The number of nitrogens with one attached hydrogen (secondary N) is 1. The van der Waals surface area contributed by atoms with Crippen molar-refractivity contribution in [3.8, 4) is 11.8 Å². The molecule has 130 valence electrons. The number of hydrogen-bond acceptors (Lipinski definition) is 5. The number of rotatable bonds is 8. The van der Waals surface area contributed by atoms with Gasteiger partial charge in [-0.1, -0.05) is 20.3 Å². The molecule has 0 bridgehead atoms. The Labute approximate surface area is 142 Å². The van der Waals surface area contributed by atoms with Crippen LogP contribution in [0.15, 0.2) is 18.2 Å². The average Bonchev–Trinajstić information content (AvgIpc) is 2.54. The smallest absolute Gasteiger partial charge is 0.308 e. The molecule has 0 aliphatic rings. The minimum Gasteiger partial charge on any atom is -0.427 e. The van der Waals surface area contributed by atoms with Crippen LogP contribution in [0, 0.1) is 11.3 Å². The molecule has 1 N–H and O–H groups in total. The summed E-state index contributed by atoms with van der Waals surface area (Å²) in [5, 5.41) is 12.0. The maximum absolute atomic E-state index is 12.6. The molecule has 0 saturated heterocycles. The molecule has 24 heavy (non-hydrogen) atoms. The molecule has 1 amide bonds. The van der Waals surface area contributed by atoms with Gasteiger partial charge in [-0.2, -0.15) is 5.26 Å². The van der Waals surface area contributed by atoms with Crippen LogP contribution in [-0.2, 0) is 14.3 Å². The Morgan fingerprint density at radius 3 is 2.54 bits per heavy atom. The van der Waals surface area contributed by atoms with Gasteiger partial charge >= 0.3 is 5.97 Å². The summed E-state index contributed by atoms with van der Waals surface area (Å²) >= 11 is 0. The van der Waals surface area contributed by atoms with Crippen LogP contribution in [0.4, 0.5) is 5.69 Å². The van der Waals surface area contributed by atoms with Gasteiger partial charge < -0.3 is 14.8 Å². The Morgan fingerprint density at radius 2 is 2.00 bits per heavy atom. The highest BCUT2D eigenvalue weighted by molar-refractivity contribution is 5.98. The van der Waals surface area contributed by atoms with Crippen LogP contribution in [0.1, 0.15) is 52.5 Å². The van der Waals surface area contributed by atoms with E-state index in [0.717, 1.165) is 12.8 Å². The highest BCUT2D eigenvalue weighted by atomic mass is 16.5. The van der Waals surface area contributed by atoms with E-state index < -0.39 is 11.6 Å². The molecule has 0 aliphatic heterocycles. The van der Waals surface area contributed by atoms with Gasteiger partial charge in [0.05, 0.1) is 11.3 Å². The highest BCUT2D eigenvalue weighted by Gasteiger charge is 2.33. The third-order valence-electron chi connectivity index (χ3n) is 3.45. The summed E-state index contributed by atoms with van der Waals surface area (Å²) < 4.78 is 10.7. The van der Waals surface area contributed by atoms with Crippen molar-refractivity contribution < 1.29 is 19.1 Å². The molecule has 1 rings (SSSR count). The van der Waals surface area contributed by atoms with Crippen LogP contribution >= 0.6 is 0 Å². The lowest BCUT2D eigenvalue weighted by atomic mass is 9.98. The fraction of sp³-hybridized carbons (Fsp3) is 0.500. The fourth-order valence-electron chi connectivity index (χ4n) is 2.26. The monoisotopic (exact) mass is 332 g/mol. The maximum atomic E-state index is 12.6. The number of amides is 1. The first kappa shape index (κ1) is 19.7. The number of hydrogen-bond donors (Lipinski definition) is 1. The van der Waals surface area contributed by atoms with Gasteiger partial charge in [0.1, 0.15) is 17.4 Å². The second-order valence-electron chi connectivity index (χ2n) is 5.70. The van der Waals surface area contributed by atoms with Crippen molar-refractivity contribution in [2.75, 3.05) is 11.9 Å². The minimum absolute atomic E-state index is 0.219. The van der Waals surface area contributed by atoms with Gasteiger partial charge in [-0.3, -0.25) is 9.59 Å². The molecule has 6 heteroatoms. The van der Waals surface area contributed by atoms with Crippen LogP contribution in [0.2, 0.25) is 0 Å². The van der Waals surface area contributed by atoms with Gasteiger partial charge in [0.15, 0.2) is 0 Å². The molecule has 0 aromatic heterocycles. The molecule has 1 unspecified atom stereocenters. The van der Waals surface area contributed by atoms with E-state index in [1.165, 1.54) is 19.1 Å². The first-order valence-corrected chi connectivity index (χ1v) is 8.04. The molecule has 0 spiro atoms. The van der Waals surface area contributed by atoms with Crippen molar-refractivity contribution in [1.82, 2.24) is 0 Å². The molecule has 6 nitrogen and oxygen atoms in total. The summed E-state index contributed by atoms with van der Waals surface area (Å²) in [4.78, 5) is 23.6. The Kier molecular flexibility index (Phi) is 7.40. The molecule has 0 heterocycles. The number of carbonyl (C=O) groups is 2. The van der Waals surface area contributed by atoms with Crippen molar-refractivity contribution in [2.45, 2.75) is 52.6 Å². The van der Waals surface area contributed by atoms with Gasteiger partial charge in [-0.25, -0.2) is 0 Å². The Morgan fingerprint density at radius 1 is 1.29 bits per heavy atom. The number of benzene rings is 1. The van der Waals surface area contributed by atoms with E-state index >= 15 is 0 Å². The van der Waals surface area contributed by atoms with Crippen LogP contribution in [-0.4, -0.2) is 24.1 Å². The molecule has 1 atom stereocenters. The number of anilines is 1. The lowest BCUT2D eigenvalue weighted by Gasteiger charge is -2.28. The van der Waals surface area contributed by atoms with E-state index in [4.69, 9.17) is 9.47 Å². The van der Waals surface area contributed by atoms with Crippen molar-refractivity contribution in [2.24, 2.45) is 0 Å². The zero-order valence-corrected chi connectivity index (χ0v) is 14.6. The van der Waals surface area contributed by atoms with Gasteiger partial charge in [-0.05, 0) is 31.9 Å². The van der Waals surface area contributed by atoms with Gasteiger partial charge in [0.2, 0.25) is 0 Å². The third kappa shape index (κ3) is 5.36. The van der Waals surface area contributed by atoms with Crippen molar-refractivity contribution in [1.29, 1.82) is 5.26 Å². The normalized spacial score (nSPS) is 12.8. The summed E-state index contributed by atoms with van der Waals surface area (Å²) in [7, 11) is 0. The summed E-state index contributed by atoms with van der Waals surface area (Å²) in [6, 6.07) is 6.48. The van der Waals surface area contributed by atoms with Crippen LogP contribution in [0.3, 0.4) is 0 Å². The first-order valence-electron chi connectivity index (χ1n) is 8.04. The lowest BCUT2D eigenvalue weighted by molar-refractivity contribution is -0.140. The number of nitrogens with zero attached hydrogens (tertiary/aromatic N) is 1. The van der Waals surface area contributed by atoms with E-state index in [0.29, 0.717) is 18.7 Å². The van der Waals surface area contributed by atoms with E-state index in [9.17, 15) is 14.9 Å². The average molecular weight is 332 g/mol. The third-order valence-corrected chi connectivity index (χ3v) is 3.45. The molecule has 0 radical (unpaired) electrons. The highest BCUT2D eigenvalue weighted by Crippen LogP contribution is 2.25. The number of esters is 1. The zero-order valence-electron chi connectivity index (χ0n) is 14.6. The fourth-order valence-corrected chi connectivity index (χ4v) is 2.26. The number of carbonyl (C=O) groups excluding carboxylic acids is 2. The van der Waals surface area contributed by atoms with E-state index in [-0.39, 0.29) is 17.2 Å². The quantitative estimate of drug-likeness (QED) is 0.582. The van der Waals surface area contributed by atoms with E-state index in [1.807, 2.05) is 19.9 Å². The van der Waals surface area contributed by atoms with Gasteiger partial charge in [0.25, 0.3) is 5.91 Å². The van der Waals surface area contributed by atoms with Crippen LogP contribution in [0.5, 0.6) is 5.75 Å². The predicted molar refractivity (Wildman–Crippen MR) is 90.7 cm³/mol. The first-order chi connectivity index (χ1) is 11.4. The lowest BCUT2D eigenvalue weighted by Crippen LogP contribution is -2.43. The molecule has 0 fully saturated rings. The second kappa shape index (κ2) is 9.04. The summed E-state index contributed by atoms with van der Waals surface area (Å²) in [6.45, 7) is 7.48. The summed E-state index contributed by atoms with van der Waals surface area (Å²) in [5.74, 6) is -0.510. The Hall–Kier alpha value is -2.39. The van der Waals surface area contributed by atoms with Crippen molar-refractivity contribution in [3.63, 3.8) is 0 Å². The summed E-state index contributed by atoms with van der Waals surface area (Å²) in [6.07, 6.45) is 2.18. The van der Waals surface area contributed by atoms with E-state index in [2.05, 4.69) is 5.32 Å².